The first-order valence-electron chi connectivity index (χ1n) is 8.83. The van der Waals surface area contributed by atoms with Crippen LogP contribution in [0.3, 0.4) is 0 Å². The van der Waals surface area contributed by atoms with Crippen molar-refractivity contribution in [2.75, 3.05) is 31.6 Å². The lowest BCUT2D eigenvalue weighted by molar-refractivity contribution is -0.121. The van der Waals surface area contributed by atoms with Crippen LogP contribution in [0.2, 0.25) is 0 Å². The molecule has 7 nitrogen and oxygen atoms in total. The van der Waals surface area contributed by atoms with Crippen molar-refractivity contribution in [3.63, 3.8) is 0 Å². The van der Waals surface area contributed by atoms with Crippen molar-refractivity contribution < 1.29 is 14.3 Å². The zero-order chi connectivity index (χ0) is 18.1. The Labute approximate surface area is 149 Å². The van der Waals surface area contributed by atoms with Crippen molar-refractivity contribution in [3.8, 4) is 11.5 Å². The fourth-order valence-corrected chi connectivity index (χ4v) is 2.35. The number of hydrogen-bond acceptors (Lipinski definition) is 4. The number of anilines is 1. The van der Waals surface area contributed by atoms with Gasteiger partial charge in [-0.3, -0.25) is 9.79 Å². The van der Waals surface area contributed by atoms with Gasteiger partial charge >= 0.3 is 0 Å². The Morgan fingerprint density at radius 3 is 2.72 bits per heavy atom. The molecule has 0 aliphatic carbocycles. The van der Waals surface area contributed by atoms with Crippen LogP contribution in [0, 0.1) is 0 Å². The molecular formula is C18H28N4O3. The predicted octanol–water partition coefficient (Wildman–Crippen LogP) is 2.14. The molecule has 2 rings (SSSR count). The summed E-state index contributed by atoms with van der Waals surface area (Å²) in [5, 5.41) is 9.27. The molecule has 0 bridgehead atoms. The third-order valence-corrected chi connectivity index (χ3v) is 3.41. The quantitative estimate of drug-likeness (QED) is 0.542. The number of amides is 1. The third-order valence-electron chi connectivity index (χ3n) is 3.41. The fraction of sp³-hybridized carbons (Fsp3) is 0.556. The highest BCUT2D eigenvalue weighted by Crippen LogP contribution is 2.32. The maximum atomic E-state index is 11.7. The van der Waals surface area contributed by atoms with Crippen LogP contribution in [0.4, 0.5) is 5.69 Å². The summed E-state index contributed by atoms with van der Waals surface area (Å²) in [4.78, 5) is 16.1. The van der Waals surface area contributed by atoms with Crippen LogP contribution in [0.5, 0.6) is 11.5 Å². The van der Waals surface area contributed by atoms with E-state index in [0.717, 1.165) is 30.2 Å². The van der Waals surface area contributed by atoms with Gasteiger partial charge in [-0.05, 0) is 32.9 Å². The monoisotopic (exact) mass is 348 g/mol. The number of nitrogens with zero attached hydrogens (tertiary/aromatic N) is 1. The van der Waals surface area contributed by atoms with E-state index in [0.29, 0.717) is 32.1 Å². The van der Waals surface area contributed by atoms with Gasteiger partial charge in [0.1, 0.15) is 0 Å². The van der Waals surface area contributed by atoms with Crippen LogP contribution in [-0.4, -0.2) is 44.2 Å². The number of carbonyl (C=O) groups is 1. The molecule has 0 saturated heterocycles. The van der Waals surface area contributed by atoms with Crippen LogP contribution < -0.4 is 25.4 Å². The summed E-state index contributed by atoms with van der Waals surface area (Å²) in [6.07, 6.45) is 1.23. The Kier molecular flexibility index (Phi) is 7.37. The van der Waals surface area contributed by atoms with E-state index in [1.165, 1.54) is 0 Å². The molecule has 1 aromatic rings. The summed E-state index contributed by atoms with van der Waals surface area (Å²) >= 11 is 0. The molecule has 1 heterocycles. The van der Waals surface area contributed by atoms with E-state index >= 15 is 0 Å². The van der Waals surface area contributed by atoms with E-state index in [1.54, 1.807) is 0 Å². The van der Waals surface area contributed by atoms with Crippen molar-refractivity contribution in [2.24, 2.45) is 4.99 Å². The second-order valence-electron chi connectivity index (χ2n) is 6.07. The van der Waals surface area contributed by atoms with Crippen LogP contribution in [0.15, 0.2) is 23.2 Å². The van der Waals surface area contributed by atoms with Gasteiger partial charge in [-0.1, -0.05) is 0 Å². The van der Waals surface area contributed by atoms with Crippen molar-refractivity contribution in [1.29, 1.82) is 0 Å². The van der Waals surface area contributed by atoms with Gasteiger partial charge in [-0.2, -0.15) is 0 Å². The predicted molar refractivity (Wildman–Crippen MR) is 99.5 cm³/mol. The summed E-state index contributed by atoms with van der Waals surface area (Å²) in [5.74, 6) is 2.13. The van der Waals surface area contributed by atoms with Gasteiger partial charge < -0.3 is 25.4 Å². The summed E-state index contributed by atoms with van der Waals surface area (Å²) in [6, 6.07) is 5.86. The molecule has 0 unspecified atom stereocenters. The van der Waals surface area contributed by atoms with Gasteiger partial charge in [-0.25, -0.2) is 0 Å². The first-order chi connectivity index (χ1) is 12.1. The molecule has 1 aliphatic heterocycles. The molecule has 1 aliphatic rings. The number of benzene rings is 1. The molecule has 0 aromatic heterocycles. The number of carbonyl (C=O) groups excluding carboxylic acids is 1. The molecule has 1 aromatic carbocycles. The molecule has 0 spiro atoms. The number of nitrogens with one attached hydrogen (secondary N) is 3. The number of aliphatic imine (C=N–C) groups is 1. The van der Waals surface area contributed by atoms with Gasteiger partial charge in [0.05, 0.1) is 19.8 Å². The van der Waals surface area contributed by atoms with E-state index in [-0.39, 0.29) is 11.9 Å². The lowest BCUT2D eigenvalue weighted by Gasteiger charge is -2.14. The summed E-state index contributed by atoms with van der Waals surface area (Å²) in [6.45, 7) is 8.34. The summed E-state index contributed by atoms with van der Waals surface area (Å²) in [7, 11) is 0. The minimum Gasteiger partial charge on any atom is -0.490 e. The molecular weight excluding hydrogens is 320 g/mol. The lowest BCUT2D eigenvalue weighted by Crippen LogP contribution is -2.32. The van der Waals surface area contributed by atoms with Gasteiger partial charge in [0.2, 0.25) is 5.91 Å². The van der Waals surface area contributed by atoms with E-state index in [9.17, 15) is 4.79 Å². The molecule has 0 fully saturated rings. The first kappa shape index (κ1) is 18.9. The molecule has 1 amide bonds. The minimum atomic E-state index is 0.00479. The minimum absolute atomic E-state index is 0.00479. The fourth-order valence-electron chi connectivity index (χ4n) is 2.35. The Balaban J connectivity index is 1.97. The Morgan fingerprint density at radius 2 is 2.00 bits per heavy atom. The highest BCUT2D eigenvalue weighted by Gasteiger charge is 2.11. The average molecular weight is 348 g/mol. The molecule has 138 valence electrons. The SMILES string of the molecule is CCNC(=NCCC(=O)NC(C)C)Nc1ccc2c(c1)OCCCO2. The molecule has 0 radical (unpaired) electrons. The van der Waals surface area contributed by atoms with Crippen LogP contribution in [-0.2, 0) is 4.79 Å². The Morgan fingerprint density at radius 1 is 1.24 bits per heavy atom. The van der Waals surface area contributed by atoms with Gasteiger partial charge in [0, 0.05) is 37.2 Å². The maximum Gasteiger partial charge on any atom is 0.222 e. The van der Waals surface area contributed by atoms with Crippen molar-refractivity contribution >= 4 is 17.6 Å². The van der Waals surface area contributed by atoms with Crippen molar-refractivity contribution in [2.45, 2.75) is 39.7 Å². The molecule has 3 N–H and O–H groups in total. The molecule has 7 heteroatoms. The average Bonchev–Trinajstić information content (AvgIpc) is 2.79. The number of ether oxygens (including phenoxy) is 2. The normalized spacial score (nSPS) is 14.0. The van der Waals surface area contributed by atoms with E-state index < -0.39 is 0 Å². The Bertz CT molecular complexity index is 602. The van der Waals surface area contributed by atoms with Crippen LogP contribution >= 0.6 is 0 Å². The topological polar surface area (TPSA) is 84.0 Å². The van der Waals surface area contributed by atoms with Crippen molar-refractivity contribution in [3.05, 3.63) is 18.2 Å². The number of fused-ring (bicyclic) bond motifs is 1. The van der Waals surface area contributed by atoms with Crippen LogP contribution in [0.1, 0.15) is 33.6 Å². The molecule has 0 saturated carbocycles. The van der Waals surface area contributed by atoms with Gasteiger partial charge in [0.25, 0.3) is 0 Å². The van der Waals surface area contributed by atoms with E-state index in [4.69, 9.17) is 9.47 Å². The smallest absolute Gasteiger partial charge is 0.222 e. The zero-order valence-electron chi connectivity index (χ0n) is 15.2. The standard InChI is InChI=1S/C18H28N4O3/c1-4-19-18(20-9-8-17(23)21-13(2)3)22-14-6-7-15-16(12-14)25-11-5-10-24-15/h6-7,12-13H,4-5,8-11H2,1-3H3,(H,21,23)(H2,19,20,22). The Hall–Kier alpha value is -2.44. The lowest BCUT2D eigenvalue weighted by atomic mass is 10.2. The van der Waals surface area contributed by atoms with Crippen LogP contribution in [0.25, 0.3) is 0 Å². The molecule has 0 atom stereocenters. The highest BCUT2D eigenvalue weighted by molar-refractivity contribution is 5.94. The number of guanidine groups is 1. The largest absolute Gasteiger partial charge is 0.490 e. The van der Waals surface area contributed by atoms with E-state index in [2.05, 4.69) is 20.9 Å². The number of hydrogen-bond donors (Lipinski definition) is 3. The summed E-state index contributed by atoms with van der Waals surface area (Å²) < 4.78 is 11.3. The van der Waals surface area contributed by atoms with Gasteiger partial charge in [-0.15, -0.1) is 0 Å². The van der Waals surface area contributed by atoms with Gasteiger partial charge in [0.15, 0.2) is 17.5 Å². The second-order valence-corrected chi connectivity index (χ2v) is 6.07. The highest BCUT2D eigenvalue weighted by atomic mass is 16.5. The van der Waals surface area contributed by atoms with E-state index in [1.807, 2.05) is 39.0 Å². The molecule has 25 heavy (non-hydrogen) atoms. The number of rotatable bonds is 6. The zero-order valence-corrected chi connectivity index (χ0v) is 15.2. The first-order valence-corrected chi connectivity index (χ1v) is 8.83. The third kappa shape index (κ3) is 6.52. The second kappa shape index (κ2) is 9.76. The van der Waals surface area contributed by atoms with Crippen molar-refractivity contribution in [1.82, 2.24) is 10.6 Å². The summed E-state index contributed by atoms with van der Waals surface area (Å²) in [5.41, 5.74) is 0.857. The maximum absolute atomic E-state index is 11.7.